The van der Waals surface area contributed by atoms with Gasteiger partial charge in [-0.3, -0.25) is 19.6 Å². The summed E-state index contributed by atoms with van der Waals surface area (Å²) in [6.07, 6.45) is 7.92. The van der Waals surface area contributed by atoms with Gasteiger partial charge in [-0.2, -0.15) is 0 Å². The van der Waals surface area contributed by atoms with E-state index in [-0.39, 0.29) is 56.2 Å². The van der Waals surface area contributed by atoms with Gasteiger partial charge in [0.05, 0.1) is 82.3 Å². The van der Waals surface area contributed by atoms with E-state index in [2.05, 4.69) is 30.6 Å². The van der Waals surface area contributed by atoms with Gasteiger partial charge >= 0.3 is 0 Å². The van der Waals surface area contributed by atoms with E-state index >= 15 is 0 Å². The first kappa shape index (κ1) is 35.0. The molecular weight excluding hydrogens is 730 g/mol. The minimum atomic E-state index is -0.571. The van der Waals surface area contributed by atoms with Crippen LogP contribution in [0.5, 0.6) is 0 Å². The molecule has 8 heterocycles. The van der Waals surface area contributed by atoms with E-state index in [1.807, 2.05) is 24.3 Å². The van der Waals surface area contributed by atoms with Crippen molar-refractivity contribution in [2.75, 3.05) is 10.6 Å². The third kappa shape index (κ3) is 6.91. The smallest absolute Gasteiger partial charge is 0.230 e. The lowest BCUT2D eigenvalue weighted by Gasteiger charge is -2.30. The van der Waals surface area contributed by atoms with Crippen molar-refractivity contribution in [3.63, 3.8) is 0 Å². The molecule has 8 rings (SSSR count). The van der Waals surface area contributed by atoms with Gasteiger partial charge in [0.15, 0.2) is 0 Å². The number of hydrogen-bond donors (Lipinski definition) is 4. The lowest BCUT2D eigenvalue weighted by atomic mass is 9.74. The van der Waals surface area contributed by atoms with E-state index in [1.54, 1.807) is 36.9 Å². The Morgan fingerprint density at radius 3 is 1.40 bits per heavy atom. The molecule has 12 nitrogen and oxygen atoms in total. The number of aliphatic hydroxyl groups is 2. The van der Waals surface area contributed by atoms with Crippen LogP contribution in [-0.4, -0.2) is 78.6 Å². The van der Waals surface area contributed by atoms with Crippen molar-refractivity contribution in [2.24, 2.45) is 11.8 Å². The van der Waals surface area contributed by atoms with E-state index in [1.165, 1.54) is 12.4 Å². The van der Waals surface area contributed by atoms with Crippen LogP contribution >= 0.6 is 46.4 Å². The molecule has 0 unspecified atom stereocenters. The summed E-state index contributed by atoms with van der Waals surface area (Å²) in [7, 11) is 0. The molecule has 0 radical (unpaired) electrons. The first-order valence-electron chi connectivity index (χ1n) is 15.8. The zero-order valence-electron chi connectivity index (χ0n) is 25.9. The molecule has 16 heteroatoms. The van der Waals surface area contributed by atoms with Crippen LogP contribution in [0, 0.1) is 11.8 Å². The van der Waals surface area contributed by atoms with Crippen LogP contribution < -0.4 is 10.6 Å². The molecule has 4 bridgehead atoms. The predicted molar refractivity (Wildman–Crippen MR) is 185 cm³/mol. The van der Waals surface area contributed by atoms with E-state index < -0.39 is 36.3 Å². The Labute approximate surface area is 306 Å². The monoisotopic (exact) mass is 758 g/mol. The zero-order valence-corrected chi connectivity index (χ0v) is 29.0. The van der Waals surface area contributed by atoms with Gasteiger partial charge in [-0.1, -0.05) is 46.4 Å². The van der Waals surface area contributed by atoms with Crippen molar-refractivity contribution in [1.82, 2.24) is 19.9 Å². The van der Waals surface area contributed by atoms with Gasteiger partial charge in [0.1, 0.15) is 10.3 Å². The summed E-state index contributed by atoms with van der Waals surface area (Å²) in [5.74, 6) is -1.67. The Kier molecular flexibility index (Phi) is 10.2. The van der Waals surface area contributed by atoms with Gasteiger partial charge in [0.25, 0.3) is 0 Å². The first-order valence-corrected chi connectivity index (χ1v) is 17.3. The molecule has 0 aromatic carbocycles. The Morgan fingerprint density at radius 2 is 1.04 bits per heavy atom. The minimum absolute atomic E-state index is 0.181. The molecule has 10 atom stereocenters. The maximum atomic E-state index is 12.9. The number of pyridine rings is 4. The summed E-state index contributed by atoms with van der Waals surface area (Å²) in [6.45, 7) is 0. The average Bonchev–Trinajstić information content (AvgIpc) is 3.88. The van der Waals surface area contributed by atoms with Crippen LogP contribution in [0.3, 0.4) is 0 Å². The van der Waals surface area contributed by atoms with Crippen molar-refractivity contribution in [3.8, 4) is 0 Å². The van der Waals surface area contributed by atoms with Crippen molar-refractivity contribution in [2.45, 2.75) is 61.3 Å². The number of amides is 2. The Bertz CT molecular complexity index is 1740. The van der Waals surface area contributed by atoms with Crippen molar-refractivity contribution in [1.29, 1.82) is 0 Å². The van der Waals surface area contributed by atoms with Crippen LogP contribution in [0.25, 0.3) is 0 Å². The van der Waals surface area contributed by atoms with E-state index in [0.29, 0.717) is 24.2 Å². The lowest BCUT2D eigenvalue weighted by molar-refractivity contribution is -0.122. The summed E-state index contributed by atoms with van der Waals surface area (Å²) >= 11 is 23.5. The van der Waals surface area contributed by atoms with Crippen LogP contribution in [0.15, 0.2) is 73.6 Å². The highest BCUT2D eigenvalue weighted by Crippen LogP contribution is 2.50. The number of aromatic nitrogens is 4. The summed E-state index contributed by atoms with van der Waals surface area (Å²) in [5, 5.41) is 26.9. The van der Waals surface area contributed by atoms with Gasteiger partial charge < -0.3 is 30.3 Å². The number of fused-ring (bicyclic) bond motifs is 4. The highest BCUT2D eigenvalue weighted by Gasteiger charge is 2.58. The summed E-state index contributed by atoms with van der Waals surface area (Å²) < 4.78 is 11.7. The van der Waals surface area contributed by atoms with Crippen LogP contribution in [0.2, 0.25) is 20.4 Å². The lowest BCUT2D eigenvalue weighted by Crippen LogP contribution is -2.41. The minimum Gasteiger partial charge on any atom is -0.390 e. The number of rotatable bonds is 6. The number of carbonyl (C=O) groups is 2. The van der Waals surface area contributed by atoms with Gasteiger partial charge in [0.2, 0.25) is 11.8 Å². The second-order valence-electron chi connectivity index (χ2n) is 12.5. The predicted octanol–water partition coefficient (Wildman–Crippen LogP) is 5.31. The highest BCUT2D eigenvalue weighted by atomic mass is 35.5. The Hall–Kier alpha value is -3.46. The average molecular weight is 760 g/mol. The second kappa shape index (κ2) is 14.6. The second-order valence-corrected chi connectivity index (χ2v) is 14.1. The third-order valence-corrected chi connectivity index (χ3v) is 10.9. The molecule has 4 fully saturated rings. The molecule has 50 heavy (non-hydrogen) atoms. The molecule has 4 aliphatic heterocycles. The number of halogens is 4. The number of carbonyl (C=O) groups excluding carboxylic acids is 2. The normalized spacial score (nSPS) is 30.4. The highest BCUT2D eigenvalue weighted by molar-refractivity contribution is 6.41. The molecule has 4 saturated heterocycles. The molecule has 0 aliphatic carbocycles. The number of ether oxygens (including phenoxy) is 2. The Morgan fingerprint density at radius 1 is 0.660 bits per heavy atom. The SMILES string of the molecule is O=C(Nc1cnc(Cl)c(Cl)c1)[C@@H]1[C@H](c2ccncc2)[C@@H]2O[C@H]1C[C@H]2O.O=C(Nc1cnc(Cl)c(Cl)c1)[C@H]1[C@@H](c2ccncc2)[C@H]2O[C@@H]1C[C@@H]2O. The van der Waals surface area contributed by atoms with Crippen LogP contribution in [0.4, 0.5) is 11.4 Å². The van der Waals surface area contributed by atoms with Crippen molar-refractivity contribution >= 4 is 69.6 Å². The van der Waals surface area contributed by atoms with Crippen molar-refractivity contribution in [3.05, 3.63) is 105 Å². The fourth-order valence-corrected chi connectivity index (χ4v) is 8.02. The molecule has 260 valence electrons. The summed E-state index contributed by atoms with van der Waals surface area (Å²) in [4.78, 5) is 41.7. The molecular formula is C34H30Cl4N6O6. The largest absolute Gasteiger partial charge is 0.390 e. The number of nitrogens with one attached hydrogen (secondary N) is 2. The summed E-state index contributed by atoms with van der Waals surface area (Å²) in [6, 6.07) is 10.5. The van der Waals surface area contributed by atoms with Crippen molar-refractivity contribution < 1.29 is 29.3 Å². The third-order valence-electron chi connectivity index (χ3n) is 9.57. The number of anilines is 2. The molecule has 0 spiro atoms. The number of aliphatic hydroxyl groups excluding tert-OH is 2. The topological polar surface area (TPSA) is 169 Å². The molecule has 4 aliphatic rings. The number of nitrogens with zero attached hydrogens (tertiary/aromatic N) is 4. The zero-order chi connectivity index (χ0) is 35.1. The molecule has 2 amide bonds. The van der Waals surface area contributed by atoms with Gasteiger partial charge in [-0.25, -0.2) is 9.97 Å². The van der Waals surface area contributed by atoms with E-state index in [9.17, 15) is 19.8 Å². The fraction of sp³-hybridized carbons (Fsp3) is 0.353. The quantitative estimate of drug-likeness (QED) is 0.189. The maximum Gasteiger partial charge on any atom is 0.230 e. The molecule has 0 saturated carbocycles. The fourth-order valence-electron chi connectivity index (χ4n) is 7.48. The maximum absolute atomic E-state index is 12.9. The molecule has 4 N–H and O–H groups in total. The first-order chi connectivity index (χ1) is 24.1. The van der Waals surface area contributed by atoms with Gasteiger partial charge in [-0.05, 0) is 47.5 Å². The molecule has 4 aromatic rings. The Balaban J connectivity index is 0.000000157. The van der Waals surface area contributed by atoms with E-state index in [4.69, 9.17) is 55.9 Å². The molecule has 4 aromatic heterocycles. The van der Waals surface area contributed by atoms with Gasteiger partial charge in [0, 0.05) is 49.5 Å². The van der Waals surface area contributed by atoms with Crippen LogP contribution in [-0.2, 0) is 19.1 Å². The van der Waals surface area contributed by atoms with E-state index in [0.717, 1.165) is 11.1 Å². The standard InChI is InChI=1S/2C17H15Cl2N3O3/c2*18-10-5-9(7-21-16(10)19)22-17(24)14-12-6-11(23)15(25-12)13(14)8-1-3-20-4-2-8/h2*1-5,7,11-15,23H,6H2,(H,22,24)/t2*11-,12+,13+,14+,15-/m10/s1. The number of hydrogen-bond acceptors (Lipinski definition) is 10. The summed E-state index contributed by atoms with van der Waals surface area (Å²) in [5.41, 5.74) is 2.79. The van der Waals surface area contributed by atoms with Gasteiger partial charge in [-0.15, -0.1) is 0 Å². The van der Waals surface area contributed by atoms with Crippen LogP contribution in [0.1, 0.15) is 35.8 Å².